The topological polar surface area (TPSA) is 84.9 Å². The zero-order valence-electron chi connectivity index (χ0n) is 20.5. The minimum Gasteiger partial charge on any atom is -0.508 e. The van der Waals surface area contributed by atoms with Crippen LogP contribution in [0.2, 0.25) is 0 Å². The molecule has 186 valence electrons. The monoisotopic (exact) mass is 481 g/mol. The minimum absolute atomic E-state index is 0.0370. The van der Waals surface area contributed by atoms with Crippen LogP contribution in [0.5, 0.6) is 5.75 Å². The lowest BCUT2D eigenvalue weighted by Gasteiger charge is -2.20. The molecule has 0 bridgehead atoms. The average molecular weight is 482 g/mol. The number of phenols is 1. The smallest absolute Gasteiger partial charge is 0.408 e. The molecule has 1 atom stereocenters. The predicted octanol–water partition coefficient (Wildman–Crippen LogP) is 5.88. The van der Waals surface area contributed by atoms with Crippen molar-refractivity contribution in [3.63, 3.8) is 0 Å². The minimum atomic E-state index is -0.636. The third kappa shape index (κ3) is 11.2. The molecule has 2 N–H and O–H groups in total. The van der Waals surface area contributed by atoms with E-state index in [0.717, 1.165) is 22.8 Å². The Bertz CT molecular complexity index is 1080. The number of aromatic hydroxyl groups is 1. The standard InChI is InChI=1S/C22H27NO4.C6H5FO/c1-16(26-20(24)15-23-21(25)27-22(2,3)4)13-17-9-8-12-19(14-17)18-10-6-5-7-11-18;7-5-2-1-3-6(8)4-5/h5-12,14,16H,13,15H2,1-4H3,(H,23,25);1-4,8H. The van der Waals surface area contributed by atoms with Crippen molar-refractivity contribution < 1.29 is 28.6 Å². The van der Waals surface area contributed by atoms with Gasteiger partial charge in [-0.15, -0.1) is 0 Å². The number of rotatable bonds is 6. The van der Waals surface area contributed by atoms with Gasteiger partial charge in [0.2, 0.25) is 0 Å². The van der Waals surface area contributed by atoms with Gasteiger partial charge in [-0.2, -0.15) is 0 Å². The third-order valence-electron chi connectivity index (χ3n) is 4.47. The van der Waals surface area contributed by atoms with Crippen molar-refractivity contribution in [1.82, 2.24) is 5.32 Å². The molecule has 0 aliphatic carbocycles. The molecular formula is C28H32FNO5. The van der Waals surface area contributed by atoms with E-state index in [1.165, 1.54) is 18.2 Å². The van der Waals surface area contributed by atoms with Gasteiger partial charge in [0.15, 0.2) is 0 Å². The zero-order valence-corrected chi connectivity index (χ0v) is 20.5. The molecule has 0 aliphatic rings. The second-order valence-corrected chi connectivity index (χ2v) is 8.91. The fourth-order valence-corrected chi connectivity index (χ4v) is 3.08. The maximum absolute atomic E-state index is 12.0. The maximum Gasteiger partial charge on any atom is 0.408 e. The van der Waals surface area contributed by atoms with Gasteiger partial charge >= 0.3 is 12.1 Å². The Kier molecular flexibility index (Phi) is 10.3. The summed E-state index contributed by atoms with van der Waals surface area (Å²) >= 11 is 0. The lowest BCUT2D eigenvalue weighted by Crippen LogP contribution is -2.36. The Hall–Kier alpha value is -3.87. The van der Waals surface area contributed by atoms with Crippen molar-refractivity contribution in [3.05, 3.63) is 90.2 Å². The highest BCUT2D eigenvalue weighted by atomic mass is 19.1. The SMILES string of the molecule is CC(Cc1cccc(-c2ccccc2)c1)OC(=O)CNC(=O)OC(C)(C)C.Oc1cccc(F)c1. The number of nitrogens with one attached hydrogen (secondary N) is 1. The predicted molar refractivity (Wildman–Crippen MR) is 133 cm³/mol. The van der Waals surface area contributed by atoms with Gasteiger partial charge in [-0.1, -0.05) is 60.7 Å². The molecule has 3 rings (SSSR count). The number of esters is 1. The van der Waals surface area contributed by atoms with Crippen molar-refractivity contribution >= 4 is 12.1 Å². The summed E-state index contributed by atoms with van der Waals surface area (Å²) in [5.74, 6) is -0.942. The lowest BCUT2D eigenvalue weighted by atomic mass is 10.0. The van der Waals surface area contributed by atoms with Crippen molar-refractivity contribution in [2.24, 2.45) is 0 Å². The van der Waals surface area contributed by atoms with Gasteiger partial charge < -0.3 is 19.9 Å². The summed E-state index contributed by atoms with van der Waals surface area (Å²) in [7, 11) is 0. The number of hydrogen-bond donors (Lipinski definition) is 2. The van der Waals surface area contributed by atoms with Crippen molar-refractivity contribution in [1.29, 1.82) is 0 Å². The first-order valence-electron chi connectivity index (χ1n) is 11.3. The maximum atomic E-state index is 12.0. The molecule has 3 aromatic carbocycles. The van der Waals surface area contributed by atoms with Crippen LogP contribution in [-0.4, -0.2) is 35.4 Å². The Morgan fingerprint density at radius 3 is 2.20 bits per heavy atom. The Labute approximate surface area is 205 Å². The van der Waals surface area contributed by atoms with E-state index in [9.17, 15) is 14.0 Å². The summed E-state index contributed by atoms with van der Waals surface area (Å²) in [5.41, 5.74) is 2.74. The number of amides is 1. The van der Waals surface area contributed by atoms with Gasteiger partial charge in [0.1, 0.15) is 29.8 Å². The van der Waals surface area contributed by atoms with Crippen LogP contribution in [0.15, 0.2) is 78.9 Å². The van der Waals surface area contributed by atoms with Crippen molar-refractivity contribution in [2.75, 3.05) is 6.54 Å². The summed E-state index contributed by atoms with van der Waals surface area (Å²) in [6.45, 7) is 6.90. The van der Waals surface area contributed by atoms with Crippen LogP contribution in [0.4, 0.5) is 9.18 Å². The molecule has 0 aromatic heterocycles. The third-order valence-corrected chi connectivity index (χ3v) is 4.47. The number of phenolic OH excluding ortho intramolecular Hbond substituents is 1. The highest BCUT2D eigenvalue weighted by molar-refractivity contribution is 5.78. The Morgan fingerprint density at radius 1 is 0.943 bits per heavy atom. The molecule has 7 heteroatoms. The molecule has 1 unspecified atom stereocenters. The van der Waals surface area contributed by atoms with Crippen LogP contribution < -0.4 is 5.32 Å². The van der Waals surface area contributed by atoms with E-state index >= 15 is 0 Å². The summed E-state index contributed by atoms with van der Waals surface area (Å²) in [5, 5.41) is 11.0. The van der Waals surface area contributed by atoms with Gasteiger partial charge in [0.25, 0.3) is 0 Å². The number of ether oxygens (including phenoxy) is 2. The molecule has 0 saturated carbocycles. The zero-order chi connectivity index (χ0) is 25.8. The number of halogens is 1. The highest BCUT2D eigenvalue weighted by Gasteiger charge is 2.17. The first kappa shape index (κ1) is 27.4. The van der Waals surface area contributed by atoms with E-state index in [1.807, 2.05) is 37.3 Å². The molecule has 1 amide bonds. The fraction of sp³-hybridized carbons (Fsp3) is 0.286. The average Bonchev–Trinajstić information content (AvgIpc) is 2.77. The van der Waals surface area contributed by atoms with Gasteiger partial charge in [0.05, 0.1) is 0 Å². The molecule has 35 heavy (non-hydrogen) atoms. The summed E-state index contributed by atoms with van der Waals surface area (Å²) in [4.78, 5) is 23.5. The molecule has 0 saturated heterocycles. The van der Waals surface area contributed by atoms with E-state index in [2.05, 4.69) is 29.6 Å². The largest absolute Gasteiger partial charge is 0.508 e. The van der Waals surface area contributed by atoms with Gasteiger partial charge in [-0.25, -0.2) is 9.18 Å². The van der Waals surface area contributed by atoms with E-state index in [1.54, 1.807) is 20.8 Å². The van der Waals surface area contributed by atoms with Crippen LogP contribution in [0.3, 0.4) is 0 Å². The number of alkyl carbamates (subject to hydrolysis) is 1. The summed E-state index contributed by atoms with van der Waals surface area (Å²) in [6, 6.07) is 23.5. The molecule has 6 nitrogen and oxygen atoms in total. The number of carbonyl (C=O) groups excluding carboxylic acids is 2. The summed E-state index contributed by atoms with van der Waals surface area (Å²) < 4.78 is 22.5. The number of hydrogen-bond acceptors (Lipinski definition) is 5. The quantitative estimate of drug-likeness (QED) is 0.429. The van der Waals surface area contributed by atoms with Crippen molar-refractivity contribution in [3.8, 4) is 16.9 Å². The van der Waals surface area contributed by atoms with Crippen LogP contribution in [0, 0.1) is 5.82 Å². The number of carbonyl (C=O) groups is 2. The second kappa shape index (κ2) is 13.1. The molecular weight excluding hydrogens is 449 g/mol. The second-order valence-electron chi connectivity index (χ2n) is 8.91. The first-order valence-corrected chi connectivity index (χ1v) is 11.3. The molecule has 0 heterocycles. The fourth-order valence-electron chi connectivity index (χ4n) is 3.08. The molecule has 0 fully saturated rings. The number of benzene rings is 3. The van der Waals surface area contributed by atoms with Crippen LogP contribution >= 0.6 is 0 Å². The van der Waals surface area contributed by atoms with Crippen LogP contribution in [0.1, 0.15) is 33.3 Å². The van der Waals surface area contributed by atoms with Gasteiger partial charge in [-0.3, -0.25) is 4.79 Å². The highest BCUT2D eigenvalue weighted by Crippen LogP contribution is 2.21. The van der Waals surface area contributed by atoms with E-state index in [-0.39, 0.29) is 18.4 Å². The van der Waals surface area contributed by atoms with Crippen LogP contribution in [-0.2, 0) is 20.7 Å². The molecule has 0 radical (unpaired) electrons. The van der Waals surface area contributed by atoms with Gasteiger partial charge in [-0.05, 0) is 56.5 Å². The molecule has 0 aliphatic heterocycles. The first-order chi connectivity index (χ1) is 16.5. The van der Waals surface area contributed by atoms with Crippen molar-refractivity contribution in [2.45, 2.75) is 45.8 Å². The van der Waals surface area contributed by atoms with E-state index < -0.39 is 23.5 Å². The molecule has 3 aromatic rings. The molecule has 0 spiro atoms. The van der Waals surface area contributed by atoms with Crippen LogP contribution in [0.25, 0.3) is 11.1 Å². The van der Waals surface area contributed by atoms with E-state index in [0.29, 0.717) is 6.42 Å². The lowest BCUT2D eigenvalue weighted by molar-refractivity contribution is -0.147. The Morgan fingerprint density at radius 2 is 1.60 bits per heavy atom. The van der Waals surface area contributed by atoms with Gasteiger partial charge in [0, 0.05) is 12.5 Å². The Balaban J connectivity index is 0.000000456. The normalized spacial score (nSPS) is 11.5. The van der Waals surface area contributed by atoms with E-state index in [4.69, 9.17) is 14.6 Å². The summed E-state index contributed by atoms with van der Waals surface area (Å²) in [6.07, 6.45) is -0.342.